The van der Waals surface area contributed by atoms with E-state index in [9.17, 15) is 9.59 Å². The number of aryl methyl sites for hydroxylation is 1. The molecule has 0 atom stereocenters. The molecule has 2 N–H and O–H groups in total. The maximum absolute atomic E-state index is 11.9. The van der Waals surface area contributed by atoms with Gasteiger partial charge >= 0.3 is 5.97 Å². The van der Waals surface area contributed by atoms with Crippen molar-refractivity contribution in [2.24, 2.45) is 0 Å². The number of carbonyl (C=O) groups excluding carboxylic acids is 1. The van der Waals surface area contributed by atoms with Crippen LogP contribution in [0.4, 0.5) is 5.69 Å². The average Bonchev–Trinajstić information content (AvgIpc) is 2.84. The molecule has 0 saturated carbocycles. The van der Waals surface area contributed by atoms with Gasteiger partial charge in [-0.2, -0.15) is 0 Å². The zero-order valence-corrected chi connectivity index (χ0v) is 12.7. The van der Waals surface area contributed by atoms with Crippen molar-refractivity contribution < 1.29 is 14.7 Å². The van der Waals surface area contributed by atoms with Gasteiger partial charge in [-0.3, -0.25) is 4.79 Å². The van der Waals surface area contributed by atoms with Crippen molar-refractivity contribution in [3.05, 3.63) is 56.7 Å². The second-order valence-corrected chi connectivity index (χ2v) is 6.05. The summed E-state index contributed by atoms with van der Waals surface area (Å²) in [5, 5.41) is 11.6. The van der Waals surface area contributed by atoms with Gasteiger partial charge in [-0.15, -0.1) is 11.3 Å². The average molecular weight is 322 g/mol. The van der Waals surface area contributed by atoms with Gasteiger partial charge in [-0.1, -0.05) is 17.7 Å². The van der Waals surface area contributed by atoms with E-state index in [-0.39, 0.29) is 11.5 Å². The zero-order valence-electron chi connectivity index (χ0n) is 11.1. The van der Waals surface area contributed by atoms with Crippen LogP contribution in [-0.4, -0.2) is 17.0 Å². The van der Waals surface area contributed by atoms with Gasteiger partial charge in [0.2, 0.25) is 5.91 Å². The number of benzene rings is 1. The predicted molar refractivity (Wildman–Crippen MR) is 85.1 cm³/mol. The maximum atomic E-state index is 11.9. The van der Waals surface area contributed by atoms with Gasteiger partial charge in [-0.25, -0.2) is 4.79 Å². The fourth-order valence-corrected chi connectivity index (χ4v) is 2.60. The van der Waals surface area contributed by atoms with Gasteiger partial charge in [0.05, 0.1) is 9.90 Å². The Morgan fingerprint density at radius 2 is 2.05 bits per heavy atom. The number of carboxylic acid groups (broad SMARTS) is 1. The Balaban J connectivity index is 2.10. The third-order valence-corrected chi connectivity index (χ3v) is 3.93. The Morgan fingerprint density at radius 3 is 2.67 bits per heavy atom. The molecule has 0 fully saturated rings. The molecule has 0 aliphatic carbocycles. The van der Waals surface area contributed by atoms with Crippen molar-refractivity contribution >= 4 is 46.6 Å². The Hall–Kier alpha value is -2.11. The summed E-state index contributed by atoms with van der Waals surface area (Å²) in [4.78, 5) is 23.6. The van der Waals surface area contributed by atoms with Gasteiger partial charge in [0.1, 0.15) is 0 Å². The molecule has 0 aliphatic rings. The standard InChI is InChI=1S/C15H12ClNO3S/c1-9-2-3-10(15(19)20)8-12(9)17-14(18)7-5-11-4-6-13(16)21-11/h2-8H,1H3,(H,17,18)(H,19,20)/b7-5+. The molecule has 6 heteroatoms. The first-order valence-corrected chi connectivity index (χ1v) is 7.23. The highest BCUT2D eigenvalue weighted by atomic mass is 35.5. The first-order valence-electron chi connectivity index (χ1n) is 6.04. The van der Waals surface area contributed by atoms with Crippen LogP contribution < -0.4 is 5.32 Å². The number of halogens is 1. The lowest BCUT2D eigenvalue weighted by atomic mass is 10.1. The number of anilines is 1. The molecule has 0 unspecified atom stereocenters. The third kappa shape index (κ3) is 4.18. The molecule has 2 rings (SSSR count). The van der Waals surface area contributed by atoms with Crippen LogP contribution in [0.5, 0.6) is 0 Å². The van der Waals surface area contributed by atoms with E-state index < -0.39 is 5.97 Å². The van der Waals surface area contributed by atoms with Crippen molar-refractivity contribution in [1.82, 2.24) is 0 Å². The lowest BCUT2D eigenvalue weighted by molar-refractivity contribution is -0.111. The molecule has 0 bridgehead atoms. The summed E-state index contributed by atoms with van der Waals surface area (Å²) in [5.74, 6) is -1.36. The molecule has 4 nitrogen and oxygen atoms in total. The van der Waals surface area contributed by atoms with Crippen molar-refractivity contribution in [2.75, 3.05) is 5.32 Å². The Labute approximate surface area is 130 Å². The summed E-state index contributed by atoms with van der Waals surface area (Å²) >= 11 is 7.17. The predicted octanol–water partition coefficient (Wildman–Crippen LogP) is 4.06. The van der Waals surface area contributed by atoms with Crippen LogP contribution in [0.1, 0.15) is 20.8 Å². The first-order chi connectivity index (χ1) is 9.95. The number of carboxylic acids is 1. The van der Waals surface area contributed by atoms with E-state index in [4.69, 9.17) is 16.7 Å². The van der Waals surface area contributed by atoms with Crippen molar-refractivity contribution in [3.8, 4) is 0 Å². The van der Waals surface area contributed by atoms with Crippen LogP contribution in [0, 0.1) is 6.92 Å². The van der Waals surface area contributed by atoms with Crippen LogP contribution in [0.25, 0.3) is 6.08 Å². The monoisotopic (exact) mass is 321 g/mol. The third-order valence-electron chi connectivity index (χ3n) is 2.74. The minimum atomic E-state index is -1.03. The lowest BCUT2D eigenvalue weighted by Crippen LogP contribution is -2.10. The Bertz CT molecular complexity index is 721. The van der Waals surface area contributed by atoms with E-state index in [1.54, 1.807) is 25.1 Å². The number of carbonyl (C=O) groups is 2. The fourth-order valence-electron chi connectivity index (χ4n) is 1.64. The molecule has 0 radical (unpaired) electrons. The molecule has 2 aromatic rings. The van der Waals surface area contributed by atoms with Crippen LogP contribution >= 0.6 is 22.9 Å². The number of hydrogen-bond donors (Lipinski definition) is 2. The number of rotatable bonds is 4. The lowest BCUT2D eigenvalue weighted by Gasteiger charge is -2.07. The van der Waals surface area contributed by atoms with Crippen LogP contribution in [0.15, 0.2) is 36.4 Å². The highest BCUT2D eigenvalue weighted by Crippen LogP contribution is 2.22. The summed E-state index contributed by atoms with van der Waals surface area (Å²) in [5.41, 5.74) is 1.40. The first kappa shape index (κ1) is 15.3. The smallest absolute Gasteiger partial charge is 0.335 e. The summed E-state index contributed by atoms with van der Waals surface area (Å²) in [7, 11) is 0. The molecular weight excluding hydrogens is 310 g/mol. The Kier molecular flexibility index (Phi) is 4.77. The largest absolute Gasteiger partial charge is 0.478 e. The molecular formula is C15H12ClNO3S. The molecule has 1 aromatic heterocycles. The molecule has 0 aliphatic heterocycles. The topological polar surface area (TPSA) is 66.4 Å². The quantitative estimate of drug-likeness (QED) is 0.834. The SMILES string of the molecule is Cc1ccc(C(=O)O)cc1NC(=O)/C=C/c1ccc(Cl)s1. The highest BCUT2D eigenvalue weighted by Gasteiger charge is 2.07. The summed E-state index contributed by atoms with van der Waals surface area (Å²) in [6.45, 7) is 1.80. The van der Waals surface area contributed by atoms with Crippen molar-refractivity contribution in [2.45, 2.75) is 6.92 Å². The number of nitrogens with one attached hydrogen (secondary N) is 1. The van der Waals surface area contributed by atoms with Gasteiger partial charge in [0.25, 0.3) is 0 Å². The van der Waals surface area contributed by atoms with Gasteiger partial charge < -0.3 is 10.4 Å². The minimum Gasteiger partial charge on any atom is -0.478 e. The zero-order chi connectivity index (χ0) is 15.4. The highest BCUT2D eigenvalue weighted by molar-refractivity contribution is 7.17. The second-order valence-electron chi connectivity index (χ2n) is 4.30. The number of amides is 1. The van der Waals surface area contributed by atoms with Crippen LogP contribution in [0.2, 0.25) is 4.34 Å². The molecule has 21 heavy (non-hydrogen) atoms. The molecule has 1 amide bonds. The van der Waals surface area contributed by atoms with Crippen molar-refractivity contribution in [1.29, 1.82) is 0 Å². The van der Waals surface area contributed by atoms with Gasteiger partial charge in [0.15, 0.2) is 0 Å². The molecule has 0 spiro atoms. The van der Waals surface area contributed by atoms with E-state index >= 15 is 0 Å². The summed E-state index contributed by atoms with van der Waals surface area (Å²) in [6.07, 6.45) is 3.04. The molecule has 0 saturated heterocycles. The Morgan fingerprint density at radius 1 is 1.29 bits per heavy atom. The van der Waals surface area contributed by atoms with Crippen LogP contribution in [0.3, 0.4) is 0 Å². The van der Waals surface area contributed by atoms with E-state index in [0.717, 1.165) is 10.4 Å². The van der Waals surface area contributed by atoms with E-state index in [1.807, 2.05) is 6.07 Å². The summed E-state index contributed by atoms with van der Waals surface area (Å²) in [6, 6.07) is 8.15. The number of hydrogen-bond acceptors (Lipinski definition) is 3. The molecule has 1 aromatic carbocycles. The van der Waals surface area contributed by atoms with Gasteiger partial charge in [0, 0.05) is 16.6 Å². The van der Waals surface area contributed by atoms with E-state index in [1.165, 1.54) is 29.5 Å². The van der Waals surface area contributed by atoms with Crippen molar-refractivity contribution in [3.63, 3.8) is 0 Å². The van der Waals surface area contributed by atoms with Gasteiger partial charge in [-0.05, 0) is 42.8 Å². The number of thiophene rings is 1. The van der Waals surface area contributed by atoms with E-state index in [2.05, 4.69) is 5.32 Å². The summed E-state index contributed by atoms with van der Waals surface area (Å²) < 4.78 is 0.653. The molecule has 108 valence electrons. The maximum Gasteiger partial charge on any atom is 0.335 e. The second kappa shape index (κ2) is 6.56. The van der Waals surface area contributed by atoms with E-state index in [0.29, 0.717) is 10.0 Å². The minimum absolute atomic E-state index is 0.130. The molecule has 1 heterocycles. The number of aromatic carboxylic acids is 1. The fraction of sp³-hybridized carbons (Fsp3) is 0.0667. The van der Waals surface area contributed by atoms with Crippen LogP contribution in [-0.2, 0) is 4.79 Å². The normalized spacial score (nSPS) is 10.8.